The zero-order valence-corrected chi connectivity index (χ0v) is 12.5. The van der Waals surface area contributed by atoms with E-state index in [-0.39, 0.29) is 6.54 Å². The summed E-state index contributed by atoms with van der Waals surface area (Å²) < 4.78 is 5.06. The summed E-state index contributed by atoms with van der Waals surface area (Å²) in [5.74, 6) is 0. The van der Waals surface area contributed by atoms with E-state index in [9.17, 15) is 9.90 Å². The molecule has 1 aromatic rings. The number of benzene rings is 1. The molecule has 0 aliphatic carbocycles. The summed E-state index contributed by atoms with van der Waals surface area (Å²) in [6.07, 6.45) is -1.51. The Morgan fingerprint density at radius 2 is 2.05 bits per heavy atom. The van der Waals surface area contributed by atoms with Crippen LogP contribution in [0.2, 0.25) is 10.0 Å². The molecule has 19 heavy (non-hydrogen) atoms. The molecule has 0 unspecified atom stereocenters. The number of carbonyl (C=O) groups excluding carboxylic acids is 1. The second-order valence-electron chi connectivity index (χ2n) is 5.06. The third-order valence-electron chi connectivity index (χ3n) is 2.16. The maximum Gasteiger partial charge on any atom is 0.407 e. The largest absolute Gasteiger partial charge is 0.444 e. The molecule has 2 N–H and O–H groups in total. The minimum Gasteiger partial charge on any atom is -0.444 e. The van der Waals surface area contributed by atoms with Gasteiger partial charge in [-0.05, 0) is 32.9 Å². The van der Waals surface area contributed by atoms with Crippen LogP contribution < -0.4 is 5.32 Å². The van der Waals surface area contributed by atoms with E-state index in [1.165, 1.54) is 6.07 Å². The Balaban J connectivity index is 2.56. The number of alkyl carbamates (subject to hydrolysis) is 1. The number of aliphatic hydroxyl groups is 1. The van der Waals surface area contributed by atoms with Crippen LogP contribution >= 0.6 is 23.2 Å². The lowest BCUT2D eigenvalue weighted by Crippen LogP contribution is -2.34. The van der Waals surface area contributed by atoms with Crippen molar-refractivity contribution in [2.75, 3.05) is 6.54 Å². The molecule has 1 aromatic carbocycles. The number of nitrogens with one attached hydrogen (secondary N) is 1. The first kappa shape index (κ1) is 16.1. The molecular weight excluding hydrogens is 289 g/mol. The van der Waals surface area contributed by atoms with Gasteiger partial charge in [-0.2, -0.15) is 0 Å². The van der Waals surface area contributed by atoms with E-state index in [0.717, 1.165) is 0 Å². The topological polar surface area (TPSA) is 58.6 Å². The summed E-state index contributed by atoms with van der Waals surface area (Å²) in [7, 11) is 0. The molecule has 1 rings (SSSR count). The first-order valence-corrected chi connectivity index (χ1v) is 6.54. The van der Waals surface area contributed by atoms with Crippen LogP contribution in [0, 0.1) is 0 Å². The molecule has 1 amide bonds. The van der Waals surface area contributed by atoms with Crippen molar-refractivity contribution in [2.24, 2.45) is 0 Å². The standard InChI is InChI=1S/C13H17Cl2NO3/c1-13(2,3)19-12(18)16-7-11(17)9-5-4-8(14)6-10(9)15/h4-6,11,17H,7H2,1-3H3,(H,16,18)/t11-/m1/s1. The Kier molecular flexibility index (Phi) is 5.47. The predicted molar refractivity (Wildman–Crippen MR) is 75.7 cm³/mol. The summed E-state index contributed by atoms with van der Waals surface area (Å²) in [5, 5.41) is 13.3. The Labute approximate surface area is 122 Å². The fourth-order valence-corrected chi connectivity index (χ4v) is 1.91. The van der Waals surface area contributed by atoms with Crippen molar-refractivity contribution in [2.45, 2.75) is 32.5 Å². The van der Waals surface area contributed by atoms with Crippen LogP contribution in [-0.2, 0) is 4.74 Å². The lowest BCUT2D eigenvalue weighted by atomic mass is 10.1. The van der Waals surface area contributed by atoms with E-state index in [0.29, 0.717) is 15.6 Å². The highest BCUT2D eigenvalue weighted by atomic mass is 35.5. The minimum atomic E-state index is -0.919. The molecule has 0 aliphatic heterocycles. The zero-order valence-electron chi connectivity index (χ0n) is 11.0. The van der Waals surface area contributed by atoms with E-state index < -0.39 is 17.8 Å². The quantitative estimate of drug-likeness (QED) is 0.898. The first-order valence-electron chi connectivity index (χ1n) is 5.79. The fraction of sp³-hybridized carbons (Fsp3) is 0.462. The van der Waals surface area contributed by atoms with E-state index in [1.54, 1.807) is 32.9 Å². The van der Waals surface area contributed by atoms with E-state index in [4.69, 9.17) is 27.9 Å². The van der Waals surface area contributed by atoms with Gasteiger partial charge in [0, 0.05) is 15.6 Å². The Hall–Kier alpha value is -0.970. The molecule has 0 bridgehead atoms. The van der Waals surface area contributed by atoms with Gasteiger partial charge in [0.15, 0.2) is 0 Å². The average Bonchev–Trinajstić information content (AvgIpc) is 2.23. The number of ether oxygens (including phenoxy) is 1. The third kappa shape index (κ3) is 5.68. The highest BCUT2D eigenvalue weighted by Crippen LogP contribution is 2.25. The lowest BCUT2D eigenvalue weighted by Gasteiger charge is -2.20. The van der Waals surface area contributed by atoms with Gasteiger partial charge in [0.25, 0.3) is 0 Å². The number of rotatable bonds is 3. The number of hydrogen-bond donors (Lipinski definition) is 2. The maximum atomic E-state index is 11.4. The van der Waals surface area contributed by atoms with Gasteiger partial charge in [-0.3, -0.25) is 0 Å². The molecular formula is C13H17Cl2NO3. The normalized spacial score (nSPS) is 12.9. The summed E-state index contributed by atoms with van der Waals surface area (Å²) >= 11 is 11.7. The van der Waals surface area contributed by atoms with Crippen molar-refractivity contribution in [1.82, 2.24) is 5.32 Å². The van der Waals surface area contributed by atoms with Gasteiger partial charge in [0.2, 0.25) is 0 Å². The number of hydrogen-bond acceptors (Lipinski definition) is 3. The molecule has 4 nitrogen and oxygen atoms in total. The maximum absolute atomic E-state index is 11.4. The first-order chi connectivity index (χ1) is 8.69. The number of halogens is 2. The Morgan fingerprint density at radius 1 is 1.42 bits per heavy atom. The van der Waals surface area contributed by atoms with Gasteiger partial charge >= 0.3 is 6.09 Å². The van der Waals surface area contributed by atoms with Crippen molar-refractivity contribution >= 4 is 29.3 Å². The van der Waals surface area contributed by atoms with Crippen LogP contribution in [0.3, 0.4) is 0 Å². The molecule has 0 heterocycles. The van der Waals surface area contributed by atoms with E-state index in [1.807, 2.05) is 0 Å². The third-order valence-corrected chi connectivity index (χ3v) is 2.72. The summed E-state index contributed by atoms with van der Waals surface area (Å²) in [6.45, 7) is 5.30. The van der Waals surface area contributed by atoms with Crippen molar-refractivity contribution in [3.63, 3.8) is 0 Å². The van der Waals surface area contributed by atoms with Crippen LogP contribution in [-0.4, -0.2) is 23.3 Å². The second kappa shape index (κ2) is 6.46. The van der Waals surface area contributed by atoms with Crippen molar-refractivity contribution in [3.8, 4) is 0 Å². The fourth-order valence-electron chi connectivity index (χ4n) is 1.38. The summed E-state index contributed by atoms with van der Waals surface area (Å²) in [6, 6.07) is 4.78. The predicted octanol–water partition coefficient (Wildman–Crippen LogP) is 3.55. The molecule has 0 radical (unpaired) electrons. The SMILES string of the molecule is CC(C)(C)OC(=O)NC[C@@H](O)c1ccc(Cl)cc1Cl. The number of carbonyl (C=O) groups is 1. The van der Waals surface area contributed by atoms with Gasteiger partial charge in [-0.15, -0.1) is 0 Å². The Morgan fingerprint density at radius 3 is 2.58 bits per heavy atom. The minimum absolute atomic E-state index is 0.0102. The number of aliphatic hydroxyl groups excluding tert-OH is 1. The van der Waals surface area contributed by atoms with E-state index >= 15 is 0 Å². The van der Waals surface area contributed by atoms with Gasteiger partial charge in [0.05, 0.1) is 12.6 Å². The second-order valence-corrected chi connectivity index (χ2v) is 5.91. The molecule has 0 aliphatic rings. The van der Waals surface area contributed by atoms with Gasteiger partial charge < -0.3 is 15.2 Å². The molecule has 0 fully saturated rings. The van der Waals surface area contributed by atoms with Gasteiger partial charge in [0.1, 0.15) is 5.60 Å². The van der Waals surface area contributed by atoms with Crippen LogP contribution in [0.5, 0.6) is 0 Å². The highest BCUT2D eigenvalue weighted by molar-refractivity contribution is 6.35. The average molecular weight is 306 g/mol. The molecule has 0 saturated heterocycles. The van der Waals surface area contributed by atoms with Gasteiger partial charge in [-0.25, -0.2) is 4.79 Å². The molecule has 0 aromatic heterocycles. The molecule has 0 spiro atoms. The summed E-state index contributed by atoms with van der Waals surface area (Å²) in [4.78, 5) is 11.4. The van der Waals surface area contributed by atoms with Crippen LogP contribution in [0.4, 0.5) is 4.79 Å². The zero-order chi connectivity index (χ0) is 14.6. The van der Waals surface area contributed by atoms with Crippen molar-refractivity contribution in [1.29, 1.82) is 0 Å². The highest BCUT2D eigenvalue weighted by Gasteiger charge is 2.18. The number of amides is 1. The monoisotopic (exact) mass is 305 g/mol. The van der Waals surface area contributed by atoms with Gasteiger partial charge in [-0.1, -0.05) is 29.3 Å². The van der Waals surface area contributed by atoms with Crippen molar-refractivity contribution < 1.29 is 14.6 Å². The Bertz CT molecular complexity index is 458. The smallest absolute Gasteiger partial charge is 0.407 e. The van der Waals surface area contributed by atoms with Crippen molar-refractivity contribution in [3.05, 3.63) is 33.8 Å². The van der Waals surface area contributed by atoms with Crippen LogP contribution in [0.15, 0.2) is 18.2 Å². The van der Waals surface area contributed by atoms with E-state index in [2.05, 4.69) is 5.32 Å². The molecule has 0 saturated carbocycles. The van der Waals surface area contributed by atoms with Crippen LogP contribution in [0.1, 0.15) is 32.4 Å². The molecule has 106 valence electrons. The summed E-state index contributed by atoms with van der Waals surface area (Å²) in [5.41, 5.74) is -0.0745. The molecule has 6 heteroatoms. The lowest BCUT2D eigenvalue weighted by molar-refractivity contribution is 0.0492. The molecule has 1 atom stereocenters. The van der Waals surface area contributed by atoms with Crippen LogP contribution in [0.25, 0.3) is 0 Å².